The maximum absolute atomic E-state index is 6.14. The van der Waals surface area contributed by atoms with Crippen LogP contribution in [0.1, 0.15) is 47.0 Å². The van der Waals surface area contributed by atoms with Crippen LogP contribution in [-0.2, 0) is 0 Å². The Balaban J connectivity index is 2.80. The van der Waals surface area contributed by atoms with E-state index in [4.69, 9.17) is 5.73 Å². The molecule has 0 bridgehead atoms. The van der Waals surface area contributed by atoms with Crippen molar-refractivity contribution in [3.63, 3.8) is 0 Å². The summed E-state index contributed by atoms with van der Waals surface area (Å²) in [5.74, 6) is 2.46. The molecule has 2 nitrogen and oxygen atoms in total. The minimum Gasteiger partial charge on any atom is -0.329 e. The van der Waals surface area contributed by atoms with Gasteiger partial charge >= 0.3 is 0 Å². The molecule has 0 aromatic carbocycles. The van der Waals surface area contributed by atoms with Crippen molar-refractivity contribution in [2.45, 2.75) is 58.5 Å². The molecule has 3 heteroatoms. The van der Waals surface area contributed by atoms with Crippen LogP contribution < -0.4 is 5.73 Å². The lowest BCUT2D eigenvalue weighted by Crippen LogP contribution is -2.60. The summed E-state index contributed by atoms with van der Waals surface area (Å²) in [4.78, 5) is 2.56. The van der Waals surface area contributed by atoms with E-state index in [1.54, 1.807) is 0 Å². The SMILES string of the molecule is CCCC(C)N(C)C1(CN)CSCC(C)(C)C1. The molecule has 102 valence electrons. The number of nitrogens with two attached hydrogens (primary N) is 1. The van der Waals surface area contributed by atoms with E-state index in [-0.39, 0.29) is 5.54 Å². The number of likely N-dealkylation sites (N-methyl/N-ethyl adjacent to an activating group) is 1. The second-order valence-corrected chi connectivity index (χ2v) is 7.50. The second kappa shape index (κ2) is 5.94. The van der Waals surface area contributed by atoms with E-state index in [9.17, 15) is 0 Å². The van der Waals surface area contributed by atoms with E-state index in [1.165, 1.54) is 30.8 Å². The molecular formula is C14H30N2S. The fraction of sp³-hybridized carbons (Fsp3) is 1.00. The summed E-state index contributed by atoms with van der Waals surface area (Å²) in [6, 6.07) is 0.637. The van der Waals surface area contributed by atoms with Crippen molar-refractivity contribution in [2.24, 2.45) is 11.1 Å². The van der Waals surface area contributed by atoms with E-state index in [0.717, 1.165) is 6.54 Å². The molecule has 2 N–H and O–H groups in total. The van der Waals surface area contributed by atoms with E-state index in [2.05, 4.69) is 51.4 Å². The Hall–Kier alpha value is 0.270. The molecule has 0 amide bonds. The Morgan fingerprint density at radius 2 is 2.00 bits per heavy atom. The smallest absolute Gasteiger partial charge is 0.0427 e. The molecule has 1 heterocycles. The normalized spacial score (nSPS) is 30.5. The van der Waals surface area contributed by atoms with Gasteiger partial charge in [0, 0.05) is 23.9 Å². The van der Waals surface area contributed by atoms with E-state index >= 15 is 0 Å². The van der Waals surface area contributed by atoms with Gasteiger partial charge in [0.2, 0.25) is 0 Å². The van der Waals surface area contributed by atoms with Crippen molar-refractivity contribution < 1.29 is 0 Å². The van der Waals surface area contributed by atoms with Crippen LogP contribution in [0.5, 0.6) is 0 Å². The Morgan fingerprint density at radius 1 is 1.35 bits per heavy atom. The summed E-state index contributed by atoms with van der Waals surface area (Å²) in [6.45, 7) is 10.1. The van der Waals surface area contributed by atoms with Crippen molar-refractivity contribution in [1.82, 2.24) is 4.90 Å². The average Bonchev–Trinajstić information content (AvgIpc) is 2.26. The lowest BCUT2D eigenvalue weighted by Gasteiger charge is -2.51. The molecule has 2 atom stereocenters. The van der Waals surface area contributed by atoms with Gasteiger partial charge in [0.1, 0.15) is 0 Å². The van der Waals surface area contributed by atoms with E-state index in [1.807, 2.05) is 0 Å². The number of hydrogen-bond acceptors (Lipinski definition) is 3. The molecule has 1 saturated heterocycles. The van der Waals surface area contributed by atoms with Crippen LogP contribution in [0.25, 0.3) is 0 Å². The molecule has 2 unspecified atom stereocenters. The molecule has 1 fully saturated rings. The Labute approximate surface area is 112 Å². The molecule has 1 rings (SSSR count). The minimum absolute atomic E-state index is 0.209. The van der Waals surface area contributed by atoms with Gasteiger partial charge < -0.3 is 5.73 Å². The lowest BCUT2D eigenvalue weighted by molar-refractivity contribution is 0.0577. The zero-order chi connectivity index (χ0) is 13.1. The van der Waals surface area contributed by atoms with Gasteiger partial charge in [-0.1, -0.05) is 27.2 Å². The lowest BCUT2D eigenvalue weighted by atomic mass is 9.78. The largest absolute Gasteiger partial charge is 0.329 e. The molecule has 1 aliphatic rings. The van der Waals surface area contributed by atoms with Gasteiger partial charge in [-0.15, -0.1) is 0 Å². The average molecular weight is 258 g/mol. The Morgan fingerprint density at radius 3 is 2.47 bits per heavy atom. The predicted octanol–water partition coefficient (Wildman–Crippen LogP) is 2.97. The van der Waals surface area contributed by atoms with Crippen LogP contribution in [-0.4, -0.2) is 41.6 Å². The van der Waals surface area contributed by atoms with Gasteiger partial charge in [0.25, 0.3) is 0 Å². The Bertz CT molecular complexity index is 242. The van der Waals surface area contributed by atoms with Crippen LogP contribution in [0, 0.1) is 5.41 Å². The van der Waals surface area contributed by atoms with Crippen LogP contribution in [0.2, 0.25) is 0 Å². The summed E-state index contributed by atoms with van der Waals surface area (Å²) in [5.41, 5.74) is 6.77. The zero-order valence-electron chi connectivity index (χ0n) is 12.3. The highest BCUT2D eigenvalue weighted by molar-refractivity contribution is 7.99. The number of rotatable bonds is 5. The number of thioether (sulfide) groups is 1. The summed E-state index contributed by atoms with van der Waals surface area (Å²) in [6.07, 6.45) is 3.75. The van der Waals surface area contributed by atoms with Gasteiger partial charge in [0.15, 0.2) is 0 Å². The standard InChI is InChI=1S/C14H30N2S/c1-6-7-12(2)16(5)14(9-15)8-13(3,4)10-17-11-14/h12H,6-11,15H2,1-5H3. The van der Waals surface area contributed by atoms with Crippen molar-refractivity contribution in [3.8, 4) is 0 Å². The Kier molecular flexibility index (Phi) is 5.36. The minimum atomic E-state index is 0.209. The first-order valence-electron chi connectivity index (χ1n) is 6.88. The van der Waals surface area contributed by atoms with Crippen LogP contribution in [0.3, 0.4) is 0 Å². The molecule has 0 aliphatic carbocycles. The van der Waals surface area contributed by atoms with Crippen molar-refractivity contribution in [2.75, 3.05) is 25.1 Å². The monoisotopic (exact) mass is 258 g/mol. The van der Waals surface area contributed by atoms with Crippen LogP contribution in [0.4, 0.5) is 0 Å². The van der Waals surface area contributed by atoms with Crippen LogP contribution in [0.15, 0.2) is 0 Å². The van der Waals surface area contributed by atoms with Gasteiger partial charge in [-0.25, -0.2) is 0 Å². The fourth-order valence-corrected chi connectivity index (χ4v) is 4.65. The van der Waals surface area contributed by atoms with Crippen molar-refractivity contribution >= 4 is 11.8 Å². The molecule has 17 heavy (non-hydrogen) atoms. The first-order chi connectivity index (χ1) is 7.87. The second-order valence-electron chi connectivity index (χ2n) is 6.51. The maximum atomic E-state index is 6.14. The summed E-state index contributed by atoms with van der Waals surface area (Å²) in [7, 11) is 2.27. The van der Waals surface area contributed by atoms with E-state index < -0.39 is 0 Å². The molecule has 1 aliphatic heterocycles. The van der Waals surface area contributed by atoms with Gasteiger partial charge in [-0.05, 0) is 38.0 Å². The van der Waals surface area contributed by atoms with Gasteiger partial charge in [-0.2, -0.15) is 11.8 Å². The molecule has 0 saturated carbocycles. The highest BCUT2D eigenvalue weighted by Crippen LogP contribution is 2.42. The van der Waals surface area contributed by atoms with Crippen molar-refractivity contribution in [3.05, 3.63) is 0 Å². The first kappa shape index (κ1) is 15.3. The van der Waals surface area contributed by atoms with Gasteiger partial charge in [0.05, 0.1) is 0 Å². The number of hydrogen-bond donors (Lipinski definition) is 1. The van der Waals surface area contributed by atoms with Gasteiger partial charge in [-0.3, -0.25) is 4.90 Å². The maximum Gasteiger partial charge on any atom is 0.0427 e. The molecule has 0 aromatic heterocycles. The molecular weight excluding hydrogens is 228 g/mol. The fourth-order valence-electron chi connectivity index (χ4n) is 3.09. The van der Waals surface area contributed by atoms with E-state index in [0.29, 0.717) is 11.5 Å². The quantitative estimate of drug-likeness (QED) is 0.822. The molecule has 0 aromatic rings. The van der Waals surface area contributed by atoms with Crippen molar-refractivity contribution in [1.29, 1.82) is 0 Å². The summed E-state index contributed by atoms with van der Waals surface area (Å²) >= 11 is 2.08. The summed E-state index contributed by atoms with van der Waals surface area (Å²) in [5, 5.41) is 0. The third-order valence-electron chi connectivity index (χ3n) is 4.17. The predicted molar refractivity (Wildman–Crippen MR) is 79.6 cm³/mol. The molecule has 0 radical (unpaired) electrons. The third kappa shape index (κ3) is 3.62. The first-order valence-corrected chi connectivity index (χ1v) is 8.03. The highest BCUT2D eigenvalue weighted by Gasteiger charge is 2.43. The van der Waals surface area contributed by atoms with Crippen LogP contribution >= 0.6 is 11.8 Å². The summed E-state index contributed by atoms with van der Waals surface area (Å²) < 4.78 is 0. The topological polar surface area (TPSA) is 29.3 Å². The highest BCUT2D eigenvalue weighted by atomic mass is 32.2. The third-order valence-corrected chi connectivity index (χ3v) is 5.89. The number of nitrogens with zero attached hydrogens (tertiary/aromatic N) is 1. The molecule has 0 spiro atoms. The zero-order valence-corrected chi connectivity index (χ0v) is 13.1.